The molecule has 2 fully saturated rings. The van der Waals surface area contributed by atoms with Gasteiger partial charge in [-0.25, -0.2) is 0 Å². The fraction of sp³-hybridized carbons (Fsp3) is 0.483. The zero-order chi connectivity index (χ0) is 43.7. The SMILES string of the molecule is CC(C)(C)c1cccc(N(c2cccc(C(C)(C)C)c2)c2cc3c4c(c2)N2c5c(cc(C(C)(C)C)cc5C5(C)CCCCC25C)B4c2cccc4c2N3C2(C)CCCCC42C)c1. The Hall–Kier alpha value is -4.44. The molecule has 0 bridgehead atoms. The molecule has 0 radical (unpaired) electrons. The normalized spacial score (nSPS) is 26.8. The fourth-order valence-corrected chi connectivity index (χ4v) is 13.8. The van der Waals surface area contributed by atoms with Gasteiger partial charge in [0.15, 0.2) is 0 Å². The predicted octanol–water partition coefficient (Wildman–Crippen LogP) is 13.7. The molecule has 4 heterocycles. The Bertz CT molecular complexity index is 2630. The summed E-state index contributed by atoms with van der Waals surface area (Å²) in [6.45, 7) is 32.1. The van der Waals surface area contributed by atoms with Gasteiger partial charge >= 0.3 is 0 Å². The van der Waals surface area contributed by atoms with Crippen molar-refractivity contribution in [1.29, 1.82) is 0 Å². The molecule has 2 aliphatic carbocycles. The second kappa shape index (κ2) is 12.6. The van der Waals surface area contributed by atoms with E-state index in [4.69, 9.17) is 0 Å². The van der Waals surface area contributed by atoms with Crippen LogP contribution >= 0.6 is 0 Å². The van der Waals surface area contributed by atoms with Crippen molar-refractivity contribution in [1.82, 2.24) is 0 Å². The van der Waals surface area contributed by atoms with Crippen LogP contribution in [0.5, 0.6) is 0 Å². The van der Waals surface area contributed by atoms with E-state index < -0.39 is 0 Å². The lowest BCUT2D eigenvalue weighted by Crippen LogP contribution is -2.66. The van der Waals surface area contributed by atoms with Crippen LogP contribution in [0.3, 0.4) is 0 Å². The molecule has 4 unspecified atom stereocenters. The Morgan fingerprint density at radius 1 is 0.468 bits per heavy atom. The molecule has 0 spiro atoms. The molecular weight excluding hydrogens is 749 g/mol. The first-order chi connectivity index (χ1) is 29.1. The topological polar surface area (TPSA) is 9.72 Å². The highest BCUT2D eigenvalue weighted by molar-refractivity contribution is 7.00. The number of fused-ring (bicyclic) bond motifs is 10. The van der Waals surface area contributed by atoms with Gasteiger partial charge in [-0.15, -0.1) is 0 Å². The van der Waals surface area contributed by atoms with Crippen molar-refractivity contribution >= 4 is 62.9 Å². The molecule has 4 heteroatoms. The molecule has 2 saturated carbocycles. The summed E-state index contributed by atoms with van der Waals surface area (Å²) in [5, 5.41) is 0. The molecule has 5 aromatic carbocycles. The smallest absolute Gasteiger partial charge is 0.252 e. The number of para-hydroxylation sites is 1. The minimum absolute atomic E-state index is 0.0152. The molecular formula is C58H70BN3. The lowest BCUT2D eigenvalue weighted by molar-refractivity contribution is 0.194. The molecule has 6 aliphatic rings. The van der Waals surface area contributed by atoms with Gasteiger partial charge in [-0.1, -0.05) is 156 Å². The molecule has 4 aliphatic heterocycles. The van der Waals surface area contributed by atoms with E-state index in [0.29, 0.717) is 0 Å². The van der Waals surface area contributed by atoms with Crippen LogP contribution in [0.2, 0.25) is 0 Å². The molecule has 11 rings (SSSR count). The minimum Gasteiger partial charge on any atom is -0.335 e. The van der Waals surface area contributed by atoms with E-state index in [9.17, 15) is 0 Å². The van der Waals surface area contributed by atoms with Crippen LogP contribution in [0.1, 0.15) is 169 Å². The third-order valence-corrected chi connectivity index (χ3v) is 18.0. The number of anilines is 7. The van der Waals surface area contributed by atoms with Gasteiger partial charge < -0.3 is 14.7 Å². The molecule has 4 atom stereocenters. The first kappa shape index (κ1) is 40.3. The monoisotopic (exact) mass is 820 g/mol. The number of benzene rings is 5. The number of nitrogens with zero attached hydrogens (tertiary/aromatic N) is 3. The van der Waals surface area contributed by atoms with Gasteiger partial charge in [-0.05, 0) is 136 Å². The lowest BCUT2D eigenvalue weighted by atomic mass is 9.33. The summed E-state index contributed by atoms with van der Waals surface area (Å²) in [4.78, 5) is 8.50. The van der Waals surface area contributed by atoms with Gasteiger partial charge in [-0.2, -0.15) is 0 Å². The third-order valence-electron chi connectivity index (χ3n) is 18.0. The Morgan fingerprint density at radius 2 is 0.935 bits per heavy atom. The summed E-state index contributed by atoms with van der Waals surface area (Å²) in [7, 11) is 0. The highest BCUT2D eigenvalue weighted by atomic mass is 15.3. The average molecular weight is 820 g/mol. The molecule has 5 aromatic rings. The zero-order valence-corrected chi connectivity index (χ0v) is 40.2. The van der Waals surface area contributed by atoms with E-state index in [1.165, 1.54) is 124 Å². The van der Waals surface area contributed by atoms with Crippen LogP contribution in [-0.2, 0) is 27.1 Å². The molecule has 320 valence electrons. The Kier molecular flexibility index (Phi) is 8.22. The number of rotatable bonds is 3. The van der Waals surface area contributed by atoms with Crippen molar-refractivity contribution in [2.45, 2.75) is 180 Å². The van der Waals surface area contributed by atoms with E-state index in [-0.39, 0.29) is 44.9 Å². The Balaban J connectivity index is 1.28. The quantitative estimate of drug-likeness (QED) is 0.168. The fourth-order valence-electron chi connectivity index (χ4n) is 13.8. The Labute approximate surface area is 374 Å². The maximum absolute atomic E-state index is 2.95. The van der Waals surface area contributed by atoms with Crippen LogP contribution in [0.25, 0.3) is 0 Å². The highest BCUT2D eigenvalue weighted by Gasteiger charge is 2.65. The van der Waals surface area contributed by atoms with Gasteiger partial charge in [-0.3, -0.25) is 0 Å². The largest absolute Gasteiger partial charge is 0.335 e. The number of hydrogen-bond acceptors (Lipinski definition) is 3. The second-order valence-electron chi connectivity index (χ2n) is 24.5. The molecule has 3 nitrogen and oxygen atoms in total. The van der Waals surface area contributed by atoms with Crippen molar-refractivity contribution in [3.05, 3.63) is 119 Å². The minimum atomic E-state index is -0.0598. The van der Waals surface area contributed by atoms with E-state index >= 15 is 0 Å². The van der Waals surface area contributed by atoms with Crippen LogP contribution < -0.4 is 31.1 Å². The van der Waals surface area contributed by atoms with Crippen LogP contribution in [-0.4, -0.2) is 17.8 Å². The van der Waals surface area contributed by atoms with E-state index in [1.54, 1.807) is 11.1 Å². The molecule has 0 aromatic heterocycles. The van der Waals surface area contributed by atoms with Crippen molar-refractivity contribution in [3.8, 4) is 0 Å². The summed E-state index contributed by atoms with van der Waals surface area (Å²) in [6, 6.07) is 37.0. The van der Waals surface area contributed by atoms with Crippen molar-refractivity contribution in [3.63, 3.8) is 0 Å². The average Bonchev–Trinajstić information content (AvgIpc) is 3.56. The third kappa shape index (κ3) is 5.13. The van der Waals surface area contributed by atoms with Crippen LogP contribution in [0.15, 0.2) is 91.0 Å². The summed E-state index contributed by atoms with van der Waals surface area (Å²) in [6.07, 6.45) is 9.95. The van der Waals surface area contributed by atoms with Gasteiger partial charge in [0.05, 0.1) is 16.8 Å². The highest BCUT2D eigenvalue weighted by Crippen LogP contribution is 2.65. The van der Waals surface area contributed by atoms with E-state index in [2.05, 4.69) is 196 Å². The zero-order valence-electron chi connectivity index (χ0n) is 40.2. The first-order valence-electron chi connectivity index (χ1n) is 24.2. The van der Waals surface area contributed by atoms with Gasteiger partial charge in [0.1, 0.15) is 0 Å². The molecule has 0 saturated heterocycles. The van der Waals surface area contributed by atoms with Gasteiger partial charge in [0.2, 0.25) is 0 Å². The molecule has 62 heavy (non-hydrogen) atoms. The summed E-state index contributed by atoms with van der Waals surface area (Å²) < 4.78 is 0. The Morgan fingerprint density at radius 3 is 1.45 bits per heavy atom. The van der Waals surface area contributed by atoms with Crippen LogP contribution in [0.4, 0.5) is 39.8 Å². The van der Waals surface area contributed by atoms with E-state index in [1.807, 2.05) is 0 Å². The maximum atomic E-state index is 2.95. The first-order valence-corrected chi connectivity index (χ1v) is 24.2. The van der Waals surface area contributed by atoms with E-state index in [0.717, 1.165) is 0 Å². The number of hydrogen-bond donors (Lipinski definition) is 0. The lowest BCUT2D eigenvalue weighted by Gasteiger charge is -2.55. The molecule has 0 amide bonds. The standard InChI is InChI=1S/C58H70BN3/c1-52(2,3)37-21-18-23-40(31-37)60(41-24-19-22-38(32-41)53(4,5)6)42-35-47-49-48(36-42)62-51-44(56(11)28-15-17-30-58(56,62)13)33-39(54(7,8)9)34-46(51)59(49)45-26-20-25-43-50(45)61(47)57(12)29-16-14-27-55(43,57)10/h18-26,31-36H,14-17,27-30H2,1-13H3. The van der Waals surface area contributed by atoms with Crippen molar-refractivity contribution in [2.75, 3.05) is 14.7 Å². The van der Waals surface area contributed by atoms with Crippen molar-refractivity contribution in [2.24, 2.45) is 0 Å². The maximum Gasteiger partial charge on any atom is 0.252 e. The predicted molar refractivity (Wildman–Crippen MR) is 267 cm³/mol. The molecule has 0 N–H and O–H groups in total. The second-order valence-corrected chi connectivity index (χ2v) is 24.5. The summed E-state index contributed by atoms with van der Waals surface area (Å²) in [5.41, 5.74) is 21.6. The summed E-state index contributed by atoms with van der Waals surface area (Å²) in [5.74, 6) is 0. The van der Waals surface area contributed by atoms with Crippen molar-refractivity contribution < 1.29 is 0 Å². The van der Waals surface area contributed by atoms with Crippen LogP contribution in [0, 0.1) is 0 Å². The van der Waals surface area contributed by atoms with Gasteiger partial charge in [0, 0.05) is 45.0 Å². The van der Waals surface area contributed by atoms with Gasteiger partial charge in [0.25, 0.3) is 6.71 Å². The summed E-state index contributed by atoms with van der Waals surface area (Å²) >= 11 is 0.